The summed E-state index contributed by atoms with van der Waals surface area (Å²) in [6, 6.07) is 14.8. The molecule has 0 radical (unpaired) electrons. The molecule has 0 atom stereocenters. The number of rotatable bonds is 5. The van der Waals surface area contributed by atoms with E-state index in [9.17, 15) is 14.0 Å². The van der Waals surface area contributed by atoms with Crippen LogP contribution in [0.4, 0.5) is 10.1 Å². The van der Waals surface area contributed by atoms with Crippen LogP contribution in [0.2, 0.25) is 0 Å². The second-order valence-corrected chi connectivity index (χ2v) is 7.15. The van der Waals surface area contributed by atoms with E-state index >= 15 is 0 Å². The highest BCUT2D eigenvalue weighted by molar-refractivity contribution is 9.10. The van der Waals surface area contributed by atoms with Gasteiger partial charge < -0.3 is 14.6 Å². The van der Waals surface area contributed by atoms with Crippen LogP contribution in [-0.4, -0.2) is 23.1 Å². The first-order chi connectivity index (χ1) is 13.3. The average Bonchev–Trinajstić information content (AvgIpc) is 2.95. The summed E-state index contributed by atoms with van der Waals surface area (Å²) < 4.78 is 21.0. The van der Waals surface area contributed by atoms with Crippen LogP contribution < -0.4 is 5.32 Å². The number of carbonyl (C=O) groups excluding carboxylic acids is 2. The third-order valence-electron chi connectivity index (χ3n) is 4.18. The van der Waals surface area contributed by atoms with Crippen molar-refractivity contribution in [1.82, 2.24) is 4.57 Å². The number of hydrogen-bond acceptors (Lipinski definition) is 3. The Labute approximate surface area is 170 Å². The molecule has 1 aromatic heterocycles. The maximum absolute atomic E-state index is 13.2. The van der Waals surface area contributed by atoms with E-state index < -0.39 is 18.5 Å². The fraction of sp³-hybridized carbons (Fsp3) is 0.143. The number of esters is 1. The van der Waals surface area contributed by atoms with Crippen LogP contribution in [0, 0.1) is 19.7 Å². The molecule has 3 aromatic rings. The standard InChI is InChI=1S/C21H18BrFN2O3/c1-13-10-19(14(2)25(13)18-8-6-16(23)7-9-18)21(27)28-12-20(26)24-17-5-3-4-15(22)11-17/h3-11H,12H2,1-2H3,(H,24,26). The summed E-state index contributed by atoms with van der Waals surface area (Å²) in [5.74, 6) is -1.35. The normalized spacial score (nSPS) is 10.6. The Balaban J connectivity index is 1.68. The Hall–Kier alpha value is -2.93. The lowest BCUT2D eigenvalue weighted by molar-refractivity contribution is -0.119. The van der Waals surface area contributed by atoms with Gasteiger partial charge in [-0.2, -0.15) is 0 Å². The summed E-state index contributed by atoms with van der Waals surface area (Å²) in [4.78, 5) is 24.5. The highest BCUT2D eigenvalue weighted by Gasteiger charge is 2.19. The lowest BCUT2D eigenvalue weighted by Gasteiger charge is -2.10. The molecule has 2 aromatic carbocycles. The molecule has 7 heteroatoms. The van der Waals surface area contributed by atoms with Crippen LogP contribution in [0.3, 0.4) is 0 Å². The molecule has 0 aliphatic carbocycles. The van der Waals surface area contributed by atoms with E-state index in [1.807, 2.05) is 17.6 Å². The molecule has 0 aliphatic heterocycles. The second-order valence-electron chi connectivity index (χ2n) is 6.23. The molecule has 0 bridgehead atoms. The van der Waals surface area contributed by atoms with Crippen molar-refractivity contribution >= 4 is 33.5 Å². The molecule has 0 unspecified atom stereocenters. The van der Waals surface area contributed by atoms with Gasteiger partial charge in [0.2, 0.25) is 0 Å². The van der Waals surface area contributed by atoms with Crippen LogP contribution in [0.1, 0.15) is 21.7 Å². The maximum atomic E-state index is 13.2. The van der Waals surface area contributed by atoms with Crippen molar-refractivity contribution in [2.45, 2.75) is 13.8 Å². The second kappa shape index (κ2) is 8.39. The summed E-state index contributed by atoms with van der Waals surface area (Å²) in [6.45, 7) is 3.22. The number of aromatic nitrogens is 1. The fourth-order valence-corrected chi connectivity index (χ4v) is 3.33. The molecule has 28 heavy (non-hydrogen) atoms. The van der Waals surface area contributed by atoms with Crippen LogP contribution in [0.15, 0.2) is 59.1 Å². The number of aryl methyl sites for hydroxylation is 1. The third-order valence-corrected chi connectivity index (χ3v) is 4.67. The molecule has 3 rings (SSSR count). The number of benzene rings is 2. The molecular weight excluding hydrogens is 427 g/mol. The van der Waals surface area contributed by atoms with Gasteiger partial charge in [-0.15, -0.1) is 0 Å². The van der Waals surface area contributed by atoms with Crippen molar-refractivity contribution in [3.05, 3.63) is 81.8 Å². The van der Waals surface area contributed by atoms with E-state index in [2.05, 4.69) is 21.2 Å². The van der Waals surface area contributed by atoms with E-state index in [-0.39, 0.29) is 5.82 Å². The maximum Gasteiger partial charge on any atom is 0.340 e. The van der Waals surface area contributed by atoms with Gasteiger partial charge >= 0.3 is 5.97 Å². The van der Waals surface area contributed by atoms with Gasteiger partial charge in [0.05, 0.1) is 5.56 Å². The molecular formula is C21H18BrFN2O3. The molecule has 1 amide bonds. The van der Waals surface area contributed by atoms with Gasteiger partial charge in [-0.05, 0) is 62.4 Å². The minimum absolute atomic E-state index is 0.331. The number of anilines is 1. The highest BCUT2D eigenvalue weighted by Crippen LogP contribution is 2.22. The van der Waals surface area contributed by atoms with Gasteiger partial charge in [-0.3, -0.25) is 4.79 Å². The van der Waals surface area contributed by atoms with Crippen LogP contribution in [-0.2, 0) is 9.53 Å². The predicted molar refractivity (Wildman–Crippen MR) is 108 cm³/mol. The van der Waals surface area contributed by atoms with Crippen molar-refractivity contribution in [2.75, 3.05) is 11.9 Å². The quantitative estimate of drug-likeness (QED) is 0.575. The summed E-state index contributed by atoms with van der Waals surface area (Å²) in [7, 11) is 0. The Kier molecular flexibility index (Phi) is 5.94. The third kappa shape index (κ3) is 4.48. The first-order valence-corrected chi connectivity index (χ1v) is 9.32. The monoisotopic (exact) mass is 444 g/mol. The lowest BCUT2D eigenvalue weighted by atomic mass is 10.2. The highest BCUT2D eigenvalue weighted by atomic mass is 79.9. The van der Waals surface area contributed by atoms with Crippen LogP contribution in [0.25, 0.3) is 5.69 Å². The molecule has 0 aliphatic rings. The van der Waals surface area contributed by atoms with E-state index in [1.165, 1.54) is 12.1 Å². The van der Waals surface area contributed by atoms with Gasteiger partial charge in [0.1, 0.15) is 5.82 Å². The van der Waals surface area contributed by atoms with Crippen molar-refractivity contribution in [3.63, 3.8) is 0 Å². The summed E-state index contributed by atoms with van der Waals surface area (Å²) in [6.07, 6.45) is 0. The van der Waals surface area contributed by atoms with Crippen molar-refractivity contribution in [2.24, 2.45) is 0 Å². The van der Waals surface area contributed by atoms with E-state index in [4.69, 9.17) is 4.74 Å². The Morgan fingerprint density at radius 1 is 1.11 bits per heavy atom. The smallest absolute Gasteiger partial charge is 0.340 e. The molecule has 1 heterocycles. The van der Waals surface area contributed by atoms with E-state index in [1.54, 1.807) is 43.3 Å². The number of carbonyl (C=O) groups is 2. The molecule has 5 nitrogen and oxygen atoms in total. The SMILES string of the molecule is Cc1cc(C(=O)OCC(=O)Nc2cccc(Br)c2)c(C)n1-c1ccc(F)cc1. The predicted octanol–water partition coefficient (Wildman–Crippen LogP) is 4.79. The Morgan fingerprint density at radius 3 is 2.50 bits per heavy atom. The summed E-state index contributed by atoms with van der Waals surface area (Å²) in [5.41, 5.74) is 3.15. The zero-order chi connectivity index (χ0) is 20.3. The van der Waals surface area contributed by atoms with Gasteiger partial charge in [-0.25, -0.2) is 9.18 Å². The number of ether oxygens (including phenoxy) is 1. The minimum Gasteiger partial charge on any atom is -0.452 e. The molecule has 0 saturated carbocycles. The summed E-state index contributed by atoms with van der Waals surface area (Å²) in [5, 5.41) is 2.67. The largest absolute Gasteiger partial charge is 0.452 e. The van der Waals surface area contributed by atoms with Gasteiger partial charge in [0.25, 0.3) is 5.91 Å². The number of halogens is 2. The minimum atomic E-state index is -0.592. The molecule has 144 valence electrons. The van der Waals surface area contributed by atoms with E-state index in [0.717, 1.165) is 15.9 Å². The number of amides is 1. The molecule has 0 spiro atoms. The van der Waals surface area contributed by atoms with Gasteiger partial charge in [0.15, 0.2) is 6.61 Å². The van der Waals surface area contributed by atoms with Gasteiger partial charge in [-0.1, -0.05) is 22.0 Å². The topological polar surface area (TPSA) is 60.3 Å². The average molecular weight is 445 g/mol. The van der Waals surface area contributed by atoms with Crippen LogP contribution in [0.5, 0.6) is 0 Å². The molecule has 1 N–H and O–H groups in total. The van der Waals surface area contributed by atoms with Crippen LogP contribution >= 0.6 is 15.9 Å². The van der Waals surface area contributed by atoms with Crippen molar-refractivity contribution in [3.8, 4) is 5.69 Å². The first-order valence-electron chi connectivity index (χ1n) is 8.52. The van der Waals surface area contributed by atoms with Gasteiger partial charge in [0, 0.05) is 27.2 Å². The molecule has 0 fully saturated rings. The number of nitrogens with one attached hydrogen (secondary N) is 1. The number of hydrogen-bond donors (Lipinski definition) is 1. The lowest BCUT2D eigenvalue weighted by Crippen LogP contribution is -2.21. The summed E-state index contributed by atoms with van der Waals surface area (Å²) >= 11 is 3.33. The Morgan fingerprint density at radius 2 is 1.82 bits per heavy atom. The number of nitrogens with zero attached hydrogens (tertiary/aromatic N) is 1. The Bertz CT molecular complexity index is 1030. The first kappa shape index (κ1) is 19.8. The molecule has 0 saturated heterocycles. The zero-order valence-corrected chi connectivity index (χ0v) is 16.9. The van der Waals surface area contributed by atoms with Crippen molar-refractivity contribution in [1.29, 1.82) is 0 Å². The zero-order valence-electron chi connectivity index (χ0n) is 15.3. The fourth-order valence-electron chi connectivity index (χ4n) is 2.93. The van der Waals surface area contributed by atoms with E-state index in [0.29, 0.717) is 16.9 Å². The van der Waals surface area contributed by atoms with Crippen molar-refractivity contribution < 1.29 is 18.7 Å².